The Morgan fingerprint density at radius 2 is 1.86 bits per heavy atom. The molecule has 0 bridgehead atoms. The summed E-state index contributed by atoms with van der Waals surface area (Å²) in [7, 11) is 0. The van der Waals surface area contributed by atoms with Crippen molar-refractivity contribution in [3.05, 3.63) is 66.3 Å². The fraction of sp³-hybridized carbons (Fsp3) is 0.269. The molecule has 0 spiro atoms. The predicted molar refractivity (Wildman–Crippen MR) is 133 cm³/mol. The van der Waals surface area contributed by atoms with Gasteiger partial charge in [-0.2, -0.15) is 0 Å². The maximum atomic E-state index is 14.9. The van der Waals surface area contributed by atoms with E-state index in [1.165, 1.54) is 6.07 Å². The van der Waals surface area contributed by atoms with Crippen molar-refractivity contribution in [2.24, 2.45) is 0 Å². The van der Waals surface area contributed by atoms with Crippen LogP contribution in [0.1, 0.15) is 31.8 Å². The van der Waals surface area contributed by atoms with Gasteiger partial charge in [-0.1, -0.05) is 0 Å². The monoisotopic (exact) mass is 473 g/mol. The molecule has 0 radical (unpaired) electrons. The van der Waals surface area contributed by atoms with Gasteiger partial charge in [0, 0.05) is 47.5 Å². The summed E-state index contributed by atoms with van der Waals surface area (Å²) < 4.78 is 34.0. The molecule has 9 heteroatoms. The number of hydrogen-bond donors (Lipinski definition) is 2. The highest BCUT2D eigenvalue weighted by Crippen LogP contribution is 2.31. The molecular weight excluding hydrogens is 448 g/mol. The molecular formula is C26H25F2N7. The van der Waals surface area contributed by atoms with Crippen LogP contribution in [0.5, 0.6) is 0 Å². The predicted octanol–water partition coefficient (Wildman–Crippen LogP) is 5.50. The van der Waals surface area contributed by atoms with Crippen LogP contribution in [0.3, 0.4) is 0 Å². The Morgan fingerprint density at radius 3 is 2.60 bits per heavy atom. The van der Waals surface area contributed by atoms with Gasteiger partial charge in [-0.3, -0.25) is 0 Å². The maximum absolute atomic E-state index is 14.9. The molecule has 178 valence electrons. The van der Waals surface area contributed by atoms with Gasteiger partial charge in [0.05, 0.1) is 17.8 Å². The quantitative estimate of drug-likeness (QED) is 0.353. The van der Waals surface area contributed by atoms with E-state index in [1.807, 2.05) is 37.5 Å². The average Bonchev–Trinajstić information content (AvgIpc) is 3.34. The first-order chi connectivity index (χ1) is 16.9. The lowest BCUT2D eigenvalue weighted by molar-refractivity contribution is 0.352. The second-order valence-electron chi connectivity index (χ2n) is 9.27. The van der Waals surface area contributed by atoms with Gasteiger partial charge in [0.2, 0.25) is 5.95 Å². The van der Waals surface area contributed by atoms with Crippen molar-refractivity contribution in [3.8, 4) is 11.3 Å². The molecule has 1 fully saturated rings. The SMILES string of the molecule is Cc1nc2c(F)cc(-c3nc(Nc4ccc5c(ccn5C5CNC5)c4)ncc3F)cc2n1C(C)C. The van der Waals surface area contributed by atoms with E-state index < -0.39 is 11.6 Å². The standard InChI is InChI=1S/C26H25F2N7/c1-14(2)35-15(3)31-25-20(27)9-17(10-23(25)35)24-21(28)13-30-26(33-24)32-18-4-5-22-16(8-18)6-7-34(22)19-11-29-12-19/h4-10,13-14,19,29H,11-12H2,1-3H3,(H,30,32,33). The molecule has 1 aliphatic rings. The van der Waals surface area contributed by atoms with E-state index in [0.29, 0.717) is 22.9 Å². The summed E-state index contributed by atoms with van der Waals surface area (Å²) in [5.74, 6) is -0.195. The molecule has 3 aromatic heterocycles. The van der Waals surface area contributed by atoms with Gasteiger partial charge in [-0.05, 0) is 57.2 Å². The third-order valence-corrected chi connectivity index (χ3v) is 6.59. The summed E-state index contributed by atoms with van der Waals surface area (Å²) in [5.41, 5.74) is 3.18. The molecule has 6 rings (SSSR count). The van der Waals surface area contributed by atoms with E-state index in [9.17, 15) is 8.78 Å². The summed E-state index contributed by atoms with van der Waals surface area (Å²) in [6.07, 6.45) is 3.21. The smallest absolute Gasteiger partial charge is 0.227 e. The van der Waals surface area contributed by atoms with Gasteiger partial charge in [0.25, 0.3) is 0 Å². The van der Waals surface area contributed by atoms with Crippen LogP contribution in [0.2, 0.25) is 0 Å². The molecule has 0 amide bonds. The molecule has 0 unspecified atom stereocenters. The van der Waals surface area contributed by atoms with E-state index in [0.717, 1.165) is 35.9 Å². The van der Waals surface area contributed by atoms with Gasteiger partial charge in [0.15, 0.2) is 11.6 Å². The Bertz CT molecular complexity index is 1580. The summed E-state index contributed by atoms with van der Waals surface area (Å²) in [6.45, 7) is 7.78. The van der Waals surface area contributed by atoms with Crippen LogP contribution in [0.15, 0.2) is 48.8 Å². The van der Waals surface area contributed by atoms with Gasteiger partial charge in [0.1, 0.15) is 17.0 Å². The zero-order valence-electron chi connectivity index (χ0n) is 19.7. The average molecular weight is 474 g/mol. The second kappa shape index (κ2) is 8.13. The molecule has 35 heavy (non-hydrogen) atoms. The number of anilines is 2. The first-order valence-corrected chi connectivity index (χ1v) is 11.7. The van der Waals surface area contributed by atoms with Crippen LogP contribution in [-0.2, 0) is 0 Å². The zero-order chi connectivity index (χ0) is 24.3. The molecule has 5 aromatic rings. The maximum Gasteiger partial charge on any atom is 0.227 e. The van der Waals surface area contributed by atoms with Gasteiger partial charge >= 0.3 is 0 Å². The fourth-order valence-electron chi connectivity index (χ4n) is 4.85. The molecule has 1 aliphatic heterocycles. The minimum atomic E-state index is -0.622. The molecule has 0 saturated carbocycles. The van der Waals surface area contributed by atoms with Gasteiger partial charge in [-0.15, -0.1) is 0 Å². The van der Waals surface area contributed by atoms with Crippen molar-refractivity contribution >= 4 is 33.6 Å². The number of aromatic nitrogens is 5. The van der Waals surface area contributed by atoms with Crippen molar-refractivity contribution in [1.29, 1.82) is 0 Å². The van der Waals surface area contributed by atoms with E-state index >= 15 is 0 Å². The third-order valence-electron chi connectivity index (χ3n) is 6.59. The summed E-state index contributed by atoms with van der Waals surface area (Å²) >= 11 is 0. The number of aryl methyl sites for hydroxylation is 1. The number of halogens is 2. The highest BCUT2D eigenvalue weighted by molar-refractivity contribution is 5.85. The number of nitrogens with one attached hydrogen (secondary N) is 2. The lowest BCUT2D eigenvalue weighted by Crippen LogP contribution is -2.43. The summed E-state index contributed by atoms with van der Waals surface area (Å²) in [4.78, 5) is 12.9. The van der Waals surface area contributed by atoms with Crippen LogP contribution in [-0.4, -0.2) is 37.2 Å². The molecule has 1 saturated heterocycles. The molecule has 0 atom stereocenters. The summed E-state index contributed by atoms with van der Waals surface area (Å²) in [5, 5.41) is 7.55. The van der Waals surface area contributed by atoms with Crippen molar-refractivity contribution in [1.82, 2.24) is 29.4 Å². The number of benzene rings is 2. The molecule has 0 aliphatic carbocycles. The highest BCUT2D eigenvalue weighted by Gasteiger charge is 2.20. The van der Waals surface area contributed by atoms with Gasteiger partial charge < -0.3 is 19.8 Å². The van der Waals surface area contributed by atoms with Crippen molar-refractivity contribution in [2.75, 3.05) is 18.4 Å². The van der Waals surface area contributed by atoms with E-state index in [-0.39, 0.29) is 23.2 Å². The lowest BCUT2D eigenvalue weighted by atomic mass is 10.1. The number of rotatable bonds is 5. The van der Waals surface area contributed by atoms with Gasteiger partial charge in [-0.25, -0.2) is 23.7 Å². The normalized spacial score (nSPS) is 14.2. The largest absolute Gasteiger partial charge is 0.342 e. The van der Waals surface area contributed by atoms with E-state index in [2.05, 4.69) is 48.5 Å². The summed E-state index contributed by atoms with van der Waals surface area (Å²) in [6, 6.07) is 11.7. The first-order valence-electron chi connectivity index (χ1n) is 11.7. The van der Waals surface area contributed by atoms with E-state index in [1.54, 1.807) is 6.07 Å². The zero-order valence-corrected chi connectivity index (χ0v) is 19.7. The number of hydrogen-bond acceptors (Lipinski definition) is 5. The van der Waals surface area contributed by atoms with Crippen LogP contribution in [0.4, 0.5) is 20.4 Å². The minimum absolute atomic E-state index is 0.0298. The Hall–Kier alpha value is -3.85. The number of imidazole rings is 1. The second-order valence-corrected chi connectivity index (χ2v) is 9.27. The Morgan fingerprint density at radius 1 is 1.03 bits per heavy atom. The van der Waals surface area contributed by atoms with Crippen LogP contribution in [0, 0.1) is 18.6 Å². The minimum Gasteiger partial charge on any atom is -0.342 e. The number of fused-ring (bicyclic) bond motifs is 2. The highest BCUT2D eigenvalue weighted by atomic mass is 19.1. The molecule has 7 nitrogen and oxygen atoms in total. The van der Waals surface area contributed by atoms with Crippen LogP contribution < -0.4 is 10.6 Å². The number of nitrogens with zero attached hydrogens (tertiary/aromatic N) is 5. The molecule has 4 heterocycles. The first kappa shape index (κ1) is 21.7. The molecule has 2 aromatic carbocycles. The van der Waals surface area contributed by atoms with Crippen LogP contribution in [0.25, 0.3) is 33.2 Å². The van der Waals surface area contributed by atoms with E-state index in [4.69, 9.17) is 0 Å². The van der Waals surface area contributed by atoms with Crippen molar-refractivity contribution < 1.29 is 8.78 Å². The molecule has 2 N–H and O–H groups in total. The van der Waals surface area contributed by atoms with Crippen LogP contribution >= 0.6 is 0 Å². The Kier molecular flexibility index (Phi) is 5.03. The third kappa shape index (κ3) is 3.63. The Labute approximate surface area is 200 Å². The van der Waals surface area contributed by atoms with Crippen molar-refractivity contribution in [2.45, 2.75) is 32.9 Å². The lowest BCUT2D eigenvalue weighted by Gasteiger charge is -2.29. The van der Waals surface area contributed by atoms with Crippen molar-refractivity contribution in [3.63, 3.8) is 0 Å². The Balaban J connectivity index is 1.36. The topological polar surface area (TPSA) is 72.6 Å². The fourth-order valence-corrected chi connectivity index (χ4v) is 4.85.